The molecule has 0 bridgehead atoms. The summed E-state index contributed by atoms with van der Waals surface area (Å²) in [6.45, 7) is 3.71. The Morgan fingerprint density at radius 2 is 0.815 bits per heavy atom. The Hall–Kier alpha value is -2.03. The van der Waals surface area contributed by atoms with Crippen LogP contribution in [0.1, 0.15) is 258 Å². The largest absolute Gasteiger partial charge is 0.472 e. The summed E-state index contributed by atoms with van der Waals surface area (Å²) in [4.78, 5) is 35.1. The third-order valence-corrected chi connectivity index (χ3v) is 12.7. The third-order valence-electron chi connectivity index (χ3n) is 11.7. The standard InChI is InChI=1S/C55H102NO8P/c1-3-5-7-9-11-13-15-17-19-21-23-25-26-28-30-32-34-36-38-40-42-44-46-48-55(58)64-53(52-63-65(59,60)62-50-49-56)51-61-54(57)47-45-43-41-39-37-35-33-31-29-27-24-22-20-18-16-14-12-10-8-6-4-2/h20,22,27,29,33,35,39,41,53H,3-19,21,23-26,28,30-32,34,36-38,40,42-52,56H2,1-2H3,(H,59,60)/b22-20+,29-27+,35-33+,41-39+/t53-/m1/s1. The number of ether oxygens (including phenoxy) is 2. The monoisotopic (exact) mass is 936 g/mol. The van der Waals surface area contributed by atoms with Crippen LogP contribution in [0.15, 0.2) is 48.6 Å². The number of unbranched alkanes of at least 4 members (excludes halogenated alkanes) is 30. The molecule has 0 aliphatic carbocycles. The summed E-state index contributed by atoms with van der Waals surface area (Å²) < 4.78 is 32.9. The van der Waals surface area contributed by atoms with E-state index in [0.717, 1.165) is 44.9 Å². The summed E-state index contributed by atoms with van der Waals surface area (Å²) >= 11 is 0. The highest BCUT2D eigenvalue weighted by Crippen LogP contribution is 2.43. The molecule has 0 saturated carbocycles. The van der Waals surface area contributed by atoms with E-state index in [4.69, 9.17) is 24.3 Å². The Balaban J connectivity index is 4.08. The van der Waals surface area contributed by atoms with Crippen LogP contribution in [-0.2, 0) is 32.7 Å². The van der Waals surface area contributed by atoms with Crippen LogP contribution in [0.5, 0.6) is 0 Å². The molecule has 0 aliphatic heterocycles. The third kappa shape index (κ3) is 51.2. The van der Waals surface area contributed by atoms with Crippen LogP contribution in [0, 0.1) is 0 Å². The van der Waals surface area contributed by atoms with Gasteiger partial charge in [0.05, 0.1) is 13.2 Å². The zero-order chi connectivity index (χ0) is 47.4. The Labute approximate surface area is 400 Å². The number of esters is 2. The summed E-state index contributed by atoms with van der Waals surface area (Å²) in [6.07, 6.45) is 61.7. The first kappa shape index (κ1) is 63.0. The van der Waals surface area contributed by atoms with E-state index in [9.17, 15) is 19.0 Å². The first-order valence-electron chi connectivity index (χ1n) is 27.1. The van der Waals surface area contributed by atoms with Gasteiger partial charge in [0.25, 0.3) is 0 Å². The Morgan fingerprint density at radius 1 is 0.462 bits per heavy atom. The fourth-order valence-corrected chi connectivity index (χ4v) is 8.45. The topological polar surface area (TPSA) is 134 Å². The smallest absolute Gasteiger partial charge is 0.462 e. The fourth-order valence-electron chi connectivity index (χ4n) is 7.69. The van der Waals surface area contributed by atoms with Crippen molar-refractivity contribution in [2.24, 2.45) is 5.73 Å². The Kier molecular flexibility index (Phi) is 49.8. The minimum absolute atomic E-state index is 0.0463. The minimum atomic E-state index is -4.40. The van der Waals surface area contributed by atoms with Crippen molar-refractivity contribution in [3.05, 3.63) is 48.6 Å². The first-order chi connectivity index (χ1) is 31.8. The SMILES string of the molecule is CCCCCCCCC/C=C/C/C=C/C/C=C/C/C=C/CCCC(=O)OC[C@H](COP(=O)(O)OCCN)OC(=O)CCCCCCCCCCCCCCCCCCCCCCCCC. The van der Waals surface area contributed by atoms with Crippen LogP contribution < -0.4 is 5.73 Å². The molecule has 0 aliphatic rings. The average molecular weight is 936 g/mol. The van der Waals surface area contributed by atoms with Crippen LogP contribution in [0.3, 0.4) is 0 Å². The molecular formula is C55H102NO8P. The first-order valence-corrected chi connectivity index (χ1v) is 28.6. The Bertz CT molecular complexity index is 1200. The van der Waals surface area contributed by atoms with E-state index in [1.54, 1.807) is 0 Å². The summed E-state index contributed by atoms with van der Waals surface area (Å²) in [5.41, 5.74) is 5.37. The van der Waals surface area contributed by atoms with Crippen molar-refractivity contribution in [2.45, 2.75) is 264 Å². The van der Waals surface area contributed by atoms with Crippen molar-refractivity contribution < 1.29 is 37.6 Å². The highest BCUT2D eigenvalue weighted by molar-refractivity contribution is 7.47. The number of phosphoric acid groups is 1. The van der Waals surface area contributed by atoms with Gasteiger partial charge in [0, 0.05) is 19.4 Å². The van der Waals surface area contributed by atoms with Crippen LogP contribution in [0.4, 0.5) is 0 Å². The molecule has 3 N–H and O–H groups in total. The molecule has 10 heteroatoms. The average Bonchev–Trinajstić information content (AvgIpc) is 3.30. The van der Waals surface area contributed by atoms with E-state index in [2.05, 4.69) is 62.5 Å². The van der Waals surface area contributed by atoms with Crippen LogP contribution in [0.25, 0.3) is 0 Å². The predicted octanol–water partition coefficient (Wildman–Crippen LogP) is 16.6. The number of phosphoric ester groups is 1. The Morgan fingerprint density at radius 3 is 1.23 bits per heavy atom. The maximum atomic E-state index is 12.7. The molecule has 0 fully saturated rings. The molecule has 0 radical (unpaired) electrons. The van der Waals surface area contributed by atoms with Gasteiger partial charge in [0.15, 0.2) is 6.10 Å². The maximum Gasteiger partial charge on any atom is 0.472 e. The van der Waals surface area contributed by atoms with Crippen molar-refractivity contribution in [1.29, 1.82) is 0 Å². The molecule has 0 saturated heterocycles. The quantitative estimate of drug-likeness (QED) is 0.0265. The number of allylic oxidation sites excluding steroid dienone is 8. The summed E-state index contributed by atoms with van der Waals surface area (Å²) in [5, 5.41) is 0. The van der Waals surface area contributed by atoms with Gasteiger partial charge in [-0.2, -0.15) is 0 Å². The number of rotatable bonds is 51. The minimum Gasteiger partial charge on any atom is -0.462 e. The molecular weight excluding hydrogens is 834 g/mol. The van der Waals surface area contributed by atoms with Crippen LogP contribution >= 0.6 is 7.82 Å². The van der Waals surface area contributed by atoms with E-state index in [1.165, 1.54) is 173 Å². The van der Waals surface area contributed by atoms with Gasteiger partial charge in [-0.1, -0.05) is 242 Å². The van der Waals surface area contributed by atoms with Gasteiger partial charge in [-0.15, -0.1) is 0 Å². The van der Waals surface area contributed by atoms with Crippen molar-refractivity contribution in [3.63, 3.8) is 0 Å². The second-order valence-electron chi connectivity index (χ2n) is 18.1. The molecule has 0 aromatic carbocycles. The van der Waals surface area contributed by atoms with E-state index in [-0.39, 0.29) is 32.6 Å². The molecule has 0 spiro atoms. The molecule has 0 aromatic heterocycles. The van der Waals surface area contributed by atoms with Gasteiger partial charge in [0.2, 0.25) is 0 Å². The normalized spacial score (nSPS) is 13.5. The van der Waals surface area contributed by atoms with Crippen molar-refractivity contribution in [3.8, 4) is 0 Å². The summed E-state index contributed by atoms with van der Waals surface area (Å²) in [6, 6.07) is 0. The summed E-state index contributed by atoms with van der Waals surface area (Å²) in [7, 11) is -4.40. The molecule has 0 rings (SSSR count). The second-order valence-corrected chi connectivity index (χ2v) is 19.6. The van der Waals surface area contributed by atoms with E-state index >= 15 is 0 Å². The van der Waals surface area contributed by atoms with Gasteiger partial charge in [-0.25, -0.2) is 4.57 Å². The van der Waals surface area contributed by atoms with Gasteiger partial charge < -0.3 is 20.1 Å². The summed E-state index contributed by atoms with van der Waals surface area (Å²) in [5.74, 6) is -0.884. The highest BCUT2D eigenvalue weighted by atomic mass is 31.2. The van der Waals surface area contributed by atoms with Gasteiger partial charge in [-0.05, 0) is 51.4 Å². The van der Waals surface area contributed by atoms with E-state index < -0.39 is 32.5 Å². The fraction of sp³-hybridized carbons (Fsp3) is 0.818. The molecule has 0 heterocycles. The molecule has 2 atom stereocenters. The number of carbonyl (C=O) groups is 2. The van der Waals surface area contributed by atoms with Crippen LogP contribution in [0.2, 0.25) is 0 Å². The number of carbonyl (C=O) groups excluding carboxylic acids is 2. The van der Waals surface area contributed by atoms with Crippen molar-refractivity contribution in [2.75, 3.05) is 26.4 Å². The maximum absolute atomic E-state index is 12.7. The number of hydrogen-bond acceptors (Lipinski definition) is 8. The molecule has 9 nitrogen and oxygen atoms in total. The lowest BCUT2D eigenvalue weighted by Crippen LogP contribution is -2.29. The van der Waals surface area contributed by atoms with Gasteiger partial charge >= 0.3 is 19.8 Å². The van der Waals surface area contributed by atoms with Crippen molar-refractivity contribution in [1.82, 2.24) is 0 Å². The highest BCUT2D eigenvalue weighted by Gasteiger charge is 2.26. The lowest BCUT2D eigenvalue weighted by Gasteiger charge is -2.19. The lowest BCUT2D eigenvalue weighted by atomic mass is 10.0. The van der Waals surface area contributed by atoms with E-state index in [1.807, 2.05) is 0 Å². The van der Waals surface area contributed by atoms with Gasteiger partial charge in [0.1, 0.15) is 6.61 Å². The molecule has 380 valence electrons. The number of hydrogen-bond donors (Lipinski definition) is 2. The second kappa shape index (κ2) is 51.4. The molecule has 1 unspecified atom stereocenters. The molecule has 0 aromatic rings. The predicted molar refractivity (Wildman–Crippen MR) is 275 cm³/mol. The van der Waals surface area contributed by atoms with Crippen molar-refractivity contribution >= 4 is 19.8 Å². The zero-order valence-corrected chi connectivity index (χ0v) is 43.1. The van der Waals surface area contributed by atoms with E-state index in [0.29, 0.717) is 12.8 Å². The van der Waals surface area contributed by atoms with Crippen LogP contribution in [-0.4, -0.2) is 49.3 Å². The zero-order valence-electron chi connectivity index (χ0n) is 42.2. The molecule has 65 heavy (non-hydrogen) atoms. The van der Waals surface area contributed by atoms with Gasteiger partial charge in [-0.3, -0.25) is 18.6 Å². The molecule has 0 amide bonds. The lowest BCUT2D eigenvalue weighted by molar-refractivity contribution is -0.161. The number of nitrogens with two attached hydrogens (primary N) is 1.